The summed E-state index contributed by atoms with van der Waals surface area (Å²) in [5, 5.41) is 0. The van der Waals surface area contributed by atoms with Crippen LogP contribution < -0.4 is 4.90 Å². The summed E-state index contributed by atoms with van der Waals surface area (Å²) in [5.74, 6) is 0.720. The van der Waals surface area contributed by atoms with Crippen molar-refractivity contribution in [1.29, 1.82) is 0 Å². The predicted molar refractivity (Wildman–Crippen MR) is 223 cm³/mol. The van der Waals surface area contributed by atoms with E-state index in [1.807, 2.05) is 6.08 Å². The van der Waals surface area contributed by atoms with Crippen LogP contribution in [0.15, 0.2) is 176 Å². The van der Waals surface area contributed by atoms with Gasteiger partial charge in [0.25, 0.3) is 0 Å². The largest absolute Gasteiger partial charge is 0.341 e. The van der Waals surface area contributed by atoms with Gasteiger partial charge in [0.15, 0.2) is 0 Å². The van der Waals surface area contributed by atoms with Gasteiger partial charge in [0.1, 0.15) is 0 Å². The van der Waals surface area contributed by atoms with Crippen molar-refractivity contribution in [2.45, 2.75) is 66.7 Å². The lowest BCUT2D eigenvalue weighted by Crippen LogP contribution is -2.30. The summed E-state index contributed by atoms with van der Waals surface area (Å²) < 4.78 is 0. The number of allylic oxidation sites excluding steroid dienone is 15. The highest BCUT2D eigenvalue weighted by molar-refractivity contribution is 5.86. The Bertz CT molecular complexity index is 1750. The maximum Gasteiger partial charge on any atom is 0.0412 e. The van der Waals surface area contributed by atoms with E-state index in [1.165, 1.54) is 44.8 Å². The quantitative estimate of drug-likeness (QED) is 0.0970. The molecule has 0 saturated heterocycles. The zero-order valence-corrected chi connectivity index (χ0v) is 31.1. The second kappa shape index (κ2) is 20.6. The molecule has 0 aliphatic heterocycles. The lowest BCUT2D eigenvalue weighted by atomic mass is 9.77. The summed E-state index contributed by atoms with van der Waals surface area (Å²) >= 11 is 0. The minimum atomic E-state index is 0.251. The second-order valence-electron chi connectivity index (χ2n) is 12.9. The Hall–Kier alpha value is -4.88. The van der Waals surface area contributed by atoms with Crippen LogP contribution >= 0.6 is 0 Å². The van der Waals surface area contributed by atoms with E-state index in [4.69, 9.17) is 0 Å². The van der Waals surface area contributed by atoms with Crippen molar-refractivity contribution in [2.75, 3.05) is 11.4 Å². The second-order valence-corrected chi connectivity index (χ2v) is 12.9. The highest BCUT2D eigenvalue weighted by Gasteiger charge is 2.35. The Morgan fingerprint density at radius 3 is 2.22 bits per heavy atom. The number of nitrogens with zero attached hydrogens (tertiary/aromatic N) is 1. The highest BCUT2D eigenvalue weighted by atomic mass is 15.1. The van der Waals surface area contributed by atoms with Gasteiger partial charge >= 0.3 is 0 Å². The number of rotatable bonds is 18. The normalized spacial score (nSPS) is 16.1. The molecule has 0 spiro atoms. The fourth-order valence-corrected chi connectivity index (χ4v) is 6.89. The fourth-order valence-electron chi connectivity index (χ4n) is 6.89. The maximum absolute atomic E-state index is 4.04. The summed E-state index contributed by atoms with van der Waals surface area (Å²) in [6, 6.07) is 28.8. The molecule has 3 aromatic carbocycles. The maximum atomic E-state index is 4.04. The highest BCUT2D eigenvalue weighted by Crippen LogP contribution is 2.47. The van der Waals surface area contributed by atoms with Crippen LogP contribution in [0.5, 0.6) is 0 Å². The van der Waals surface area contributed by atoms with Crippen molar-refractivity contribution in [3.05, 3.63) is 187 Å². The standard InChI is InChI=1S/C49H57N/c1-7-12-14-15-16-18-25-39(6)26-23-38-50(44-34-32-41(33-35-44)40(10-4)11-5)48-37-36-47(49(48)43(24-9-3)27-13-8-2)46-31-22-21-30-45(46)42-28-19-17-20-29-42/h8,10-17,19-23,25-26,28-37,43,49H,4,7,9,18,24,27,38H2,1-3,5-6H3/b13-8-,14-12-,16-15-,26-23-,39-25+,40-11+/t43?,49-/m1/s1. The molecule has 1 nitrogen and oxygen atoms in total. The molecule has 4 rings (SSSR count). The van der Waals surface area contributed by atoms with Crippen LogP contribution in [0.25, 0.3) is 22.3 Å². The van der Waals surface area contributed by atoms with E-state index in [0.29, 0.717) is 5.92 Å². The van der Waals surface area contributed by atoms with Crippen molar-refractivity contribution >= 4 is 16.8 Å². The summed E-state index contributed by atoms with van der Waals surface area (Å²) in [5.41, 5.74) is 11.5. The third-order valence-electron chi connectivity index (χ3n) is 9.43. The van der Waals surface area contributed by atoms with E-state index >= 15 is 0 Å². The molecule has 2 atom stereocenters. The first kappa shape index (κ1) is 37.9. The SMILES string of the molecule is C=C/C(=C\C)c1ccc(N(C/C=C\C(C)=C\C/C=C\C=C/CC)C2=CC=C(c3ccccc3-c3ccccc3)[C@H]2C(C/C=C\C)CCC)cc1. The van der Waals surface area contributed by atoms with Gasteiger partial charge in [0.05, 0.1) is 0 Å². The van der Waals surface area contributed by atoms with E-state index < -0.39 is 0 Å². The summed E-state index contributed by atoms with van der Waals surface area (Å²) in [7, 11) is 0. The average Bonchev–Trinajstić information content (AvgIpc) is 3.59. The van der Waals surface area contributed by atoms with Crippen molar-refractivity contribution in [1.82, 2.24) is 0 Å². The minimum Gasteiger partial charge on any atom is -0.341 e. The molecule has 0 N–H and O–H groups in total. The summed E-state index contributed by atoms with van der Waals surface area (Å²) in [6.07, 6.45) is 34.4. The van der Waals surface area contributed by atoms with Gasteiger partial charge in [-0.25, -0.2) is 0 Å². The summed E-state index contributed by atoms with van der Waals surface area (Å²) in [6.45, 7) is 15.7. The Kier molecular flexibility index (Phi) is 15.6. The Balaban J connectivity index is 1.77. The lowest BCUT2D eigenvalue weighted by molar-refractivity contribution is 0.413. The van der Waals surface area contributed by atoms with Crippen molar-refractivity contribution < 1.29 is 0 Å². The molecule has 0 heterocycles. The molecule has 0 aromatic heterocycles. The van der Waals surface area contributed by atoms with Gasteiger partial charge in [0.2, 0.25) is 0 Å². The molecule has 0 radical (unpaired) electrons. The van der Waals surface area contributed by atoms with Crippen molar-refractivity contribution in [3.63, 3.8) is 0 Å². The number of hydrogen-bond acceptors (Lipinski definition) is 1. The topological polar surface area (TPSA) is 3.24 Å². The van der Waals surface area contributed by atoms with Gasteiger partial charge in [-0.1, -0.05) is 172 Å². The Labute approximate surface area is 303 Å². The van der Waals surface area contributed by atoms with Crippen LogP contribution in [0.4, 0.5) is 5.69 Å². The number of anilines is 1. The molecular formula is C49H57N. The molecule has 1 unspecified atom stereocenters. The molecule has 50 heavy (non-hydrogen) atoms. The molecule has 0 fully saturated rings. The van der Waals surface area contributed by atoms with E-state index in [0.717, 1.165) is 44.2 Å². The van der Waals surface area contributed by atoms with Gasteiger partial charge in [-0.3, -0.25) is 0 Å². The summed E-state index contributed by atoms with van der Waals surface area (Å²) in [4.78, 5) is 2.55. The first-order valence-electron chi connectivity index (χ1n) is 18.6. The molecule has 1 heteroatoms. The van der Waals surface area contributed by atoms with Crippen LogP contribution in [-0.2, 0) is 0 Å². The Morgan fingerprint density at radius 1 is 0.820 bits per heavy atom. The number of benzene rings is 3. The van der Waals surface area contributed by atoms with E-state index in [-0.39, 0.29) is 5.92 Å². The first-order valence-corrected chi connectivity index (χ1v) is 18.6. The average molecular weight is 660 g/mol. The van der Waals surface area contributed by atoms with E-state index in [2.05, 4.69) is 198 Å². The van der Waals surface area contributed by atoms with E-state index in [9.17, 15) is 0 Å². The van der Waals surface area contributed by atoms with Crippen LogP contribution in [0.3, 0.4) is 0 Å². The zero-order valence-electron chi connectivity index (χ0n) is 31.1. The van der Waals surface area contributed by atoms with Gasteiger partial charge in [-0.05, 0) is 104 Å². The molecule has 258 valence electrons. The van der Waals surface area contributed by atoms with Crippen molar-refractivity contribution in [3.8, 4) is 11.1 Å². The molecular weight excluding hydrogens is 603 g/mol. The van der Waals surface area contributed by atoms with Crippen LogP contribution in [0.2, 0.25) is 0 Å². The monoisotopic (exact) mass is 659 g/mol. The van der Waals surface area contributed by atoms with E-state index in [1.54, 1.807) is 0 Å². The van der Waals surface area contributed by atoms with Gasteiger partial charge in [-0.2, -0.15) is 0 Å². The van der Waals surface area contributed by atoms with Gasteiger partial charge < -0.3 is 4.90 Å². The fraction of sp³-hybridized carbons (Fsp3) is 0.265. The molecule has 0 amide bonds. The van der Waals surface area contributed by atoms with Crippen LogP contribution in [0, 0.1) is 11.8 Å². The first-order chi connectivity index (χ1) is 24.6. The Morgan fingerprint density at radius 2 is 1.54 bits per heavy atom. The van der Waals surface area contributed by atoms with Crippen LogP contribution in [-0.4, -0.2) is 6.54 Å². The van der Waals surface area contributed by atoms with Gasteiger partial charge in [-0.15, -0.1) is 0 Å². The molecule has 0 saturated carbocycles. The third-order valence-corrected chi connectivity index (χ3v) is 9.43. The molecule has 3 aromatic rings. The molecule has 1 aliphatic carbocycles. The van der Waals surface area contributed by atoms with Gasteiger partial charge in [0, 0.05) is 23.8 Å². The smallest absolute Gasteiger partial charge is 0.0412 e. The van der Waals surface area contributed by atoms with Crippen molar-refractivity contribution in [2.24, 2.45) is 11.8 Å². The van der Waals surface area contributed by atoms with Crippen LogP contribution in [0.1, 0.15) is 77.8 Å². The zero-order chi connectivity index (χ0) is 35.6. The third kappa shape index (κ3) is 10.3. The lowest BCUT2D eigenvalue weighted by Gasteiger charge is -2.36. The number of hydrogen-bond donors (Lipinski definition) is 0. The predicted octanol–water partition coefficient (Wildman–Crippen LogP) is 14.1. The minimum absolute atomic E-state index is 0.251. The molecule has 0 bridgehead atoms. The molecule has 1 aliphatic rings.